The Labute approximate surface area is 152 Å². The van der Waals surface area contributed by atoms with Crippen LogP contribution in [0.5, 0.6) is 0 Å². The first-order valence-corrected chi connectivity index (χ1v) is 8.76. The molecule has 1 heterocycles. The van der Waals surface area contributed by atoms with Gasteiger partial charge in [0.15, 0.2) is 5.78 Å². The molecule has 0 saturated carbocycles. The molecule has 0 aliphatic carbocycles. The third-order valence-corrected chi connectivity index (χ3v) is 4.28. The number of ketones is 1. The van der Waals surface area contributed by atoms with Crippen molar-refractivity contribution in [3.05, 3.63) is 77.0 Å². The fourth-order valence-electron chi connectivity index (χ4n) is 2.61. The zero-order valence-electron chi connectivity index (χ0n) is 14.1. The number of rotatable bonds is 7. The summed E-state index contributed by atoms with van der Waals surface area (Å²) in [4.78, 5) is 11.9. The van der Waals surface area contributed by atoms with Gasteiger partial charge in [0.2, 0.25) is 0 Å². The molecule has 1 aromatic heterocycles. The van der Waals surface area contributed by atoms with E-state index in [9.17, 15) is 4.79 Å². The summed E-state index contributed by atoms with van der Waals surface area (Å²) in [6.45, 7) is 2.57. The molecule has 128 valence electrons. The standard InChI is InChI=1S/C21H20ClNO2/c1-2-5-20(24)15-8-10-16(11-9-15)23-14-17-12-13-21(25-17)18-6-3-4-7-19(18)22/h3-4,6-13,23H,2,5,14H2,1H3. The van der Waals surface area contributed by atoms with Gasteiger partial charge in [-0.15, -0.1) is 0 Å². The minimum atomic E-state index is 0.185. The third kappa shape index (κ3) is 4.31. The summed E-state index contributed by atoms with van der Waals surface area (Å²) in [6, 6.07) is 19.0. The molecule has 0 aliphatic heterocycles. The molecule has 0 radical (unpaired) electrons. The number of hydrogen-bond donors (Lipinski definition) is 1. The molecule has 0 atom stereocenters. The number of carbonyl (C=O) groups excluding carboxylic acids is 1. The lowest BCUT2D eigenvalue weighted by atomic mass is 10.1. The molecular weight excluding hydrogens is 334 g/mol. The first-order chi connectivity index (χ1) is 12.2. The van der Waals surface area contributed by atoms with Gasteiger partial charge < -0.3 is 9.73 Å². The minimum absolute atomic E-state index is 0.185. The van der Waals surface area contributed by atoms with Gasteiger partial charge in [-0.25, -0.2) is 0 Å². The molecule has 3 nitrogen and oxygen atoms in total. The average Bonchev–Trinajstić information content (AvgIpc) is 3.10. The summed E-state index contributed by atoms with van der Waals surface area (Å²) in [5.74, 6) is 1.76. The van der Waals surface area contributed by atoms with Crippen LogP contribution in [-0.4, -0.2) is 5.78 Å². The van der Waals surface area contributed by atoms with E-state index in [1.165, 1.54) is 0 Å². The van der Waals surface area contributed by atoms with Crippen LogP contribution >= 0.6 is 11.6 Å². The van der Waals surface area contributed by atoms with E-state index in [2.05, 4.69) is 5.32 Å². The Kier molecular flexibility index (Phi) is 5.56. The van der Waals surface area contributed by atoms with Gasteiger partial charge in [0.25, 0.3) is 0 Å². The first-order valence-electron chi connectivity index (χ1n) is 8.38. The van der Waals surface area contributed by atoms with Crippen molar-refractivity contribution in [1.82, 2.24) is 0 Å². The van der Waals surface area contributed by atoms with Crippen LogP contribution in [0.1, 0.15) is 35.9 Å². The number of anilines is 1. The molecule has 0 aliphatic rings. The van der Waals surface area contributed by atoms with E-state index in [1.807, 2.05) is 67.6 Å². The van der Waals surface area contributed by atoms with Crippen molar-refractivity contribution in [2.45, 2.75) is 26.3 Å². The predicted octanol–water partition coefficient (Wildman–Crippen LogP) is 6.19. The van der Waals surface area contributed by atoms with Crippen LogP contribution in [0.15, 0.2) is 65.1 Å². The third-order valence-electron chi connectivity index (χ3n) is 3.95. The van der Waals surface area contributed by atoms with Crippen molar-refractivity contribution >= 4 is 23.1 Å². The predicted molar refractivity (Wildman–Crippen MR) is 102 cm³/mol. The Morgan fingerprint density at radius 3 is 2.52 bits per heavy atom. The van der Waals surface area contributed by atoms with E-state index in [0.29, 0.717) is 18.0 Å². The van der Waals surface area contributed by atoms with Gasteiger partial charge in [-0.05, 0) is 55.0 Å². The highest BCUT2D eigenvalue weighted by Gasteiger charge is 2.08. The fraction of sp³-hybridized carbons (Fsp3) is 0.190. The Morgan fingerprint density at radius 1 is 1.04 bits per heavy atom. The van der Waals surface area contributed by atoms with Gasteiger partial charge in [0.1, 0.15) is 11.5 Å². The van der Waals surface area contributed by atoms with E-state index in [0.717, 1.165) is 34.8 Å². The average molecular weight is 354 g/mol. The summed E-state index contributed by atoms with van der Waals surface area (Å²) in [6.07, 6.45) is 1.45. The number of furan rings is 1. The molecule has 3 rings (SSSR count). The molecule has 0 spiro atoms. The molecule has 1 N–H and O–H groups in total. The van der Waals surface area contributed by atoms with Gasteiger partial charge >= 0.3 is 0 Å². The largest absolute Gasteiger partial charge is 0.459 e. The van der Waals surface area contributed by atoms with E-state index in [4.69, 9.17) is 16.0 Å². The van der Waals surface area contributed by atoms with Crippen molar-refractivity contribution in [2.75, 3.05) is 5.32 Å². The molecule has 0 saturated heterocycles. The number of nitrogens with one attached hydrogen (secondary N) is 1. The highest BCUT2D eigenvalue weighted by atomic mass is 35.5. The second-order valence-electron chi connectivity index (χ2n) is 5.85. The molecule has 0 bridgehead atoms. The van der Waals surface area contributed by atoms with E-state index >= 15 is 0 Å². The summed E-state index contributed by atoms with van der Waals surface area (Å²) in [5.41, 5.74) is 2.59. The quantitative estimate of drug-likeness (QED) is 0.514. The van der Waals surface area contributed by atoms with Crippen LogP contribution in [0.3, 0.4) is 0 Å². The molecule has 0 fully saturated rings. The lowest BCUT2D eigenvalue weighted by Crippen LogP contribution is -2.00. The highest BCUT2D eigenvalue weighted by molar-refractivity contribution is 6.33. The Morgan fingerprint density at radius 2 is 1.80 bits per heavy atom. The lowest BCUT2D eigenvalue weighted by molar-refractivity contribution is 0.0982. The van der Waals surface area contributed by atoms with Gasteiger partial charge in [-0.3, -0.25) is 4.79 Å². The Balaban J connectivity index is 1.63. The van der Waals surface area contributed by atoms with Crippen LogP contribution in [-0.2, 0) is 6.54 Å². The van der Waals surface area contributed by atoms with Crippen molar-refractivity contribution in [1.29, 1.82) is 0 Å². The van der Waals surface area contributed by atoms with Crippen molar-refractivity contribution in [3.8, 4) is 11.3 Å². The van der Waals surface area contributed by atoms with Crippen LogP contribution in [0, 0.1) is 0 Å². The Bertz CT molecular complexity index is 852. The topological polar surface area (TPSA) is 42.2 Å². The van der Waals surface area contributed by atoms with E-state index < -0.39 is 0 Å². The number of halogens is 1. The summed E-state index contributed by atoms with van der Waals surface area (Å²) < 4.78 is 5.87. The van der Waals surface area contributed by atoms with Crippen molar-refractivity contribution < 1.29 is 9.21 Å². The minimum Gasteiger partial charge on any atom is -0.459 e. The van der Waals surface area contributed by atoms with Crippen LogP contribution in [0.4, 0.5) is 5.69 Å². The summed E-state index contributed by atoms with van der Waals surface area (Å²) >= 11 is 6.20. The van der Waals surface area contributed by atoms with Crippen LogP contribution < -0.4 is 5.32 Å². The number of carbonyl (C=O) groups is 1. The lowest BCUT2D eigenvalue weighted by Gasteiger charge is -2.06. The van der Waals surface area contributed by atoms with Gasteiger partial charge in [0, 0.05) is 23.2 Å². The van der Waals surface area contributed by atoms with Gasteiger partial charge in [0.05, 0.1) is 11.6 Å². The SMILES string of the molecule is CCCC(=O)c1ccc(NCc2ccc(-c3ccccc3Cl)o2)cc1. The van der Waals surface area contributed by atoms with Crippen molar-refractivity contribution in [2.24, 2.45) is 0 Å². The molecular formula is C21H20ClNO2. The zero-order chi connectivity index (χ0) is 17.6. The smallest absolute Gasteiger partial charge is 0.162 e. The fourth-order valence-corrected chi connectivity index (χ4v) is 2.84. The molecule has 25 heavy (non-hydrogen) atoms. The van der Waals surface area contributed by atoms with E-state index in [-0.39, 0.29) is 5.78 Å². The maximum absolute atomic E-state index is 11.9. The molecule has 0 amide bonds. The highest BCUT2D eigenvalue weighted by Crippen LogP contribution is 2.29. The van der Waals surface area contributed by atoms with Crippen molar-refractivity contribution in [3.63, 3.8) is 0 Å². The first kappa shape index (κ1) is 17.3. The monoisotopic (exact) mass is 353 g/mol. The van der Waals surface area contributed by atoms with Gasteiger partial charge in [-0.2, -0.15) is 0 Å². The summed E-state index contributed by atoms with van der Waals surface area (Å²) in [5, 5.41) is 3.97. The second kappa shape index (κ2) is 8.04. The summed E-state index contributed by atoms with van der Waals surface area (Å²) in [7, 11) is 0. The number of Topliss-reactive ketones (excluding diaryl/α,β-unsaturated/α-hetero) is 1. The number of benzene rings is 2. The number of hydrogen-bond acceptors (Lipinski definition) is 3. The van der Waals surface area contributed by atoms with Crippen LogP contribution in [0.2, 0.25) is 5.02 Å². The Hall–Kier alpha value is -2.52. The second-order valence-corrected chi connectivity index (χ2v) is 6.26. The maximum Gasteiger partial charge on any atom is 0.162 e. The van der Waals surface area contributed by atoms with Gasteiger partial charge in [-0.1, -0.05) is 30.7 Å². The van der Waals surface area contributed by atoms with Crippen LogP contribution in [0.25, 0.3) is 11.3 Å². The maximum atomic E-state index is 11.9. The normalized spacial score (nSPS) is 10.6. The zero-order valence-corrected chi connectivity index (χ0v) is 14.8. The molecule has 2 aromatic carbocycles. The molecule has 4 heteroatoms. The van der Waals surface area contributed by atoms with E-state index in [1.54, 1.807) is 0 Å². The molecule has 3 aromatic rings. The molecule has 0 unspecified atom stereocenters.